The van der Waals surface area contributed by atoms with Crippen LogP contribution in [-0.4, -0.2) is 119 Å². The molecule has 3 fully saturated rings. The number of fused-ring (bicyclic) bond motifs is 1. The first-order chi connectivity index (χ1) is 17.2. The van der Waals surface area contributed by atoms with Crippen LogP contribution in [0.4, 0.5) is 0 Å². The Balaban J connectivity index is 1.25. The normalized spacial score (nSPS) is 26.2. The summed E-state index contributed by atoms with van der Waals surface area (Å²) in [5, 5.41) is 0. The fourth-order valence-electron chi connectivity index (χ4n) is 4.69. The number of morpholine rings is 2. The first kappa shape index (κ1) is 24.5. The molecular formula is C25H34N2O8. The van der Waals surface area contributed by atoms with Gasteiger partial charge in [0.25, 0.3) is 0 Å². The Kier molecular flexibility index (Phi) is 8.15. The molecule has 3 atom stereocenters. The van der Waals surface area contributed by atoms with Crippen molar-refractivity contribution < 1.29 is 38.0 Å². The summed E-state index contributed by atoms with van der Waals surface area (Å²) in [6.07, 6.45) is 0.581. The maximum atomic E-state index is 12.7. The Bertz CT molecular complexity index is 880. The number of epoxide rings is 1. The smallest absolute Gasteiger partial charge is 0.248 e. The van der Waals surface area contributed by atoms with Crippen LogP contribution >= 0.6 is 0 Å². The van der Waals surface area contributed by atoms with Gasteiger partial charge in [-0.05, 0) is 11.6 Å². The average Bonchev–Trinajstić information content (AvgIpc) is 3.74. The lowest BCUT2D eigenvalue weighted by Gasteiger charge is -2.35. The highest BCUT2D eigenvalue weighted by atomic mass is 16.6. The molecule has 3 aliphatic heterocycles. The third-order valence-electron chi connectivity index (χ3n) is 6.87. The number of nitrogens with zero attached hydrogens (tertiary/aromatic N) is 2. The minimum absolute atomic E-state index is 0.0213. The highest BCUT2D eigenvalue weighted by Crippen LogP contribution is 2.33. The summed E-state index contributed by atoms with van der Waals surface area (Å²) < 4.78 is 34.3. The van der Waals surface area contributed by atoms with Gasteiger partial charge in [-0.3, -0.25) is 9.59 Å². The minimum atomic E-state index is -0.369. The van der Waals surface area contributed by atoms with Crippen LogP contribution in [0.2, 0.25) is 0 Å². The molecule has 0 N–H and O–H groups in total. The topological polar surface area (TPSA) is 99.3 Å². The summed E-state index contributed by atoms with van der Waals surface area (Å²) in [5.41, 5.74) is 2.18. The van der Waals surface area contributed by atoms with Crippen LogP contribution in [0.25, 0.3) is 0 Å². The molecule has 3 saturated heterocycles. The van der Waals surface area contributed by atoms with E-state index in [4.69, 9.17) is 28.4 Å². The van der Waals surface area contributed by atoms with E-state index in [0.717, 1.165) is 23.5 Å². The third kappa shape index (κ3) is 6.50. The lowest BCUT2D eigenvalue weighted by molar-refractivity contribution is -0.153. The summed E-state index contributed by atoms with van der Waals surface area (Å²) in [6, 6.07) is 5.99. The van der Waals surface area contributed by atoms with Crippen LogP contribution in [0, 0.1) is 0 Å². The molecule has 0 bridgehead atoms. The van der Waals surface area contributed by atoms with Crippen LogP contribution < -0.4 is 4.74 Å². The number of rotatable bonds is 9. The van der Waals surface area contributed by atoms with Crippen molar-refractivity contribution in [2.24, 2.45) is 0 Å². The number of amides is 2. The Labute approximate surface area is 205 Å². The molecule has 10 nitrogen and oxygen atoms in total. The molecule has 0 aromatic heterocycles. The van der Waals surface area contributed by atoms with Gasteiger partial charge in [-0.25, -0.2) is 0 Å². The second kappa shape index (κ2) is 11.7. The Hall–Kier alpha value is -2.24. The molecule has 1 aromatic carbocycles. The van der Waals surface area contributed by atoms with Crippen LogP contribution in [0.3, 0.4) is 0 Å². The Morgan fingerprint density at radius 3 is 2.00 bits per heavy atom. The van der Waals surface area contributed by atoms with E-state index in [9.17, 15) is 9.59 Å². The standard InChI is InChI=1S/C25H34N2O8/c28-24(26-4-8-30-9-5-26)16-34-22-12-18-2-1-3-21(33-15-19-14-32-19)20(18)13-23(22)35-17-25(29)27-6-10-31-11-7-27/h1-3,19,22-23H,4-17H2/t19?,22-,23+/m1/s1. The minimum Gasteiger partial charge on any atom is -0.490 e. The zero-order valence-corrected chi connectivity index (χ0v) is 20.0. The van der Waals surface area contributed by atoms with Gasteiger partial charge in [0.05, 0.1) is 45.2 Å². The van der Waals surface area contributed by atoms with Gasteiger partial charge in [0, 0.05) is 44.6 Å². The van der Waals surface area contributed by atoms with Gasteiger partial charge in [-0.2, -0.15) is 0 Å². The maximum absolute atomic E-state index is 12.7. The molecule has 0 saturated carbocycles. The van der Waals surface area contributed by atoms with E-state index in [2.05, 4.69) is 6.07 Å². The molecule has 35 heavy (non-hydrogen) atoms. The predicted molar refractivity (Wildman–Crippen MR) is 123 cm³/mol. The Morgan fingerprint density at radius 2 is 1.43 bits per heavy atom. The quantitative estimate of drug-likeness (QED) is 0.448. The SMILES string of the molecule is O=C(CO[C@H]1Cc2c(cccc2OCC2CO2)C[C@H]1OCC(=O)N1CCOCC1)N1CCOCC1. The number of ether oxygens (including phenoxy) is 6. The molecule has 10 heteroatoms. The lowest BCUT2D eigenvalue weighted by atomic mass is 9.87. The fourth-order valence-corrected chi connectivity index (χ4v) is 4.69. The molecule has 3 heterocycles. The van der Waals surface area contributed by atoms with Crippen molar-refractivity contribution in [3.63, 3.8) is 0 Å². The van der Waals surface area contributed by atoms with E-state index in [1.165, 1.54) is 0 Å². The van der Waals surface area contributed by atoms with E-state index < -0.39 is 0 Å². The summed E-state index contributed by atoms with van der Waals surface area (Å²) in [4.78, 5) is 28.9. The van der Waals surface area contributed by atoms with E-state index in [1.807, 2.05) is 12.1 Å². The van der Waals surface area contributed by atoms with Crippen molar-refractivity contribution in [3.05, 3.63) is 29.3 Å². The van der Waals surface area contributed by atoms with E-state index in [0.29, 0.717) is 72.1 Å². The van der Waals surface area contributed by atoms with Crippen molar-refractivity contribution >= 4 is 11.8 Å². The summed E-state index contributed by atoms with van der Waals surface area (Å²) in [7, 11) is 0. The van der Waals surface area contributed by atoms with Crippen LogP contribution in [0.1, 0.15) is 11.1 Å². The van der Waals surface area contributed by atoms with Crippen LogP contribution in [-0.2, 0) is 46.1 Å². The van der Waals surface area contributed by atoms with Crippen molar-refractivity contribution in [2.75, 3.05) is 79.0 Å². The predicted octanol–water partition coefficient (Wildman–Crippen LogP) is 0.0508. The zero-order valence-electron chi connectivity index (χ0n) is 20.0. The second-order valence-electron chi connectivity index (χ2n) is 9.25. The molecule has 192 valence electrons. The van der Waals surface area contributed by atoms with Gasteiger partial charge >= 0.3 is 0 Å². The third-order valence-corrected chi connectivity index (χ3v) is 6.87. The van der Waals surface area contributed by atoms with Gasteiger partial charge in [-0.1, -0.05) is 12.1 Å². The molecule has 1 aliphatic carbocycles. The Morgan fingerprint density at radius 1 is 0.857 bits per heavy atom. The van der Waals surface area contributed by atoms with Crippen LogP contribution in [0.5, 0.6) is 5.75 Å². The number of benzene rings is 1. The molecule has 0 spiro atoms. The molecule has 0 radical (unpaired) electrons. The molecule has 4 aliphatic rings. The number of carbonyl (C=O) groups excluding carboxylic acids is 2. The van der Waals surface area contributed by atoms with Gasteiger partial charge in [0.2, 0.25) is 11.8 Å². The van der Waals surface area contributed by atoms with E-state index >= 15 is 0 Å². The molecule has 1 unspecified atom stereocenters. The monoisotopic (exact) mass is 490 g/mol. The summed E-state index contributed by atoms with van der Waals surface area (Å²) >= 11 is 0. The van der Waals surface area contributed by atoms with Gasteiger partial charge in [0.1, 0.15) is 31.7 Å². The van der Waals surface area contributed by atoms with Gasteiger partial charge in [0.15, 0.2) is 0 Å². The number of hydrogen-bond acceptors (Lipinski definition) is 8. The molecule has 5 rings (SSSR count). The molecule has 2 amide bonds. The van der Waals surface area contributed by atoms with Crippen LogP contribution in [0.15, 0.2) is 18.2 Å². The second-order valence-corrected chi connectivity index (χ2v) is 9.25. The van der Waals surface area contributed by atoms with Crippen molar-refractivity contribution in [1.82, 2.24) is 9.80 Å². The summed E-state index contributed by atoms with van der Waals surface area (Å²) in [5.74, 6) is 0.704. The molecule has 1 aromatic rings. The first-order valence-corrected chi connectivity index (χ1v) is 12.5. The molecular weight excluding hydrogens is 456 g/mol. The average molecular weight is 491 g/mol. The zero-order chi connectivity index (χ0) is 24.0. The van der Waals surface area contributed by atoms with Crippen molar-refractivity contribution in [1.29, 1.82) is 0 Å². The number of carbonyl (C=O) groups is 2. The maximum Gasteiger partial charge on any atom is 0.248 e. The highest BCUT2D eigenvalue weighted by Gasteiger charge is 2.34. The van der Waals surface area contributed by atoms with Crippen molar-refractivity contribution in [2.45, 2.75) is 31.2 Å². The number of hydrogen-bond donors (Lipinski definition) is 0. The van der Waals surface area contributed by atoms with Gasteiger partial charge < -0.3 is 38.2 Å². The highest BCUT2D eigenvalue weighted by molar-refractivity contribution is 5.78. The first-order valence-electron chi connectivity index (χ1n) is 12.5. The lowest BCUT2D eigenvalue weighted by Crippen LogP contribution is -2.47. The van der Waals surface area contributed by atoms with E-state index in [-0.39, 0.29) is 43.3 Å². The van der Waals surface area contributed by atoms with Crippen molar-refractivity contribution in [3.8, 4) is 5.75 Å². The largest absolute Gasteiger partial charge is 0.490 e. The summed E-state index contributed by atoms with van der Waals surface area (Å²) in [6.45, 7) is 5.69. The van der Waals surface area contributed by atoms with E-state index in [1.54, 1.807) is 9.80 Å². The fraction of sp³-hybridized carbons (Fsp3) is 0.680. The van der Waals surface area contributed by atoms with Gasteiger partial charge in [-0.15, -0.1) is 0 Å².